The van der Waals surface area contributed by atoms with Crippen molar-refractivity contribution >= 4 is 17.4 Å². The molecule has 0 aliphatic carbocycles. The van der Waals surface area contributed by atoms with E-state index in [1.54, 1.807) is 0 Å². The average molecular weight is 332 g/mol. The number of urea groups is 1. The van der Waals surface area contributed by atoms with Crippen LogP contribution in [0.25, 0.3) is 0 Å². The van der Waals surface area contributed by atoms with Gasteiger partial charge in [0, 0.05) is 64.8 Å². The van der Waals surface area contributed by atoms with E-state index in [4.69, 9.17) is 4.74 Å². The molecule has 6 nitrogen and oxygen atoms in total. The Morgan fingerprint density at radius 1 is 1.21 bits per heavy atom. The van der Waals surface area contributed by atoms with Crippen LogP contribution in [0, 0.1) is 0 Å². The molecule has 2 aliphatic heterocycles. The van der Waals surface area contributed by atoms with Gasteiger partial charge in [0.15, 0.2) is 0 Å². The fourth-order valence-electron chi connectivity index (χ4n) is 3.26. The van der Waals surface area contributed by atoms with E-state index in [-0.39, 0.29) is 6.03 Å². The largest absolute Gasteiger partial charge is 0.378 e. The molecule has 1 N–H and O–H groups in total. The summed E-state index contributed by atoms with van der Waals surface area (Å²) >= 11 is 0. The van der Waals surface area contributed by atoms with Crippen molar-refractivity contribution in [2.45, 2.75) is 18.9 Å². The number of hydrogen-bond acceptors (Lipinski definition) is 4. The molecule has 2 fully saturated rings. The van der Waals surface area contributed by atoms with Gasteiger partial charge in [0.25, 0.3) is 0 Å². The molecular formula is C18H28N4O2. The lowest BCUT2D eigenvalue weighted by Crippen LogP contribution is -2.51. The molecular weight excluding hydrogens is 304 g/mol. The molecule has 0 radical (unpaired) electrons. The molecule has 6 heteroatoms. The Labute approximate surface area is 144 Å². The van der Waals surface area contributed by atoms with Crippen LogP contribution in [0.2, 0.25) is 0 Å². The molecule has 0 aromatic heterocycles. The maximum absolute atomic E-state index is 12.4. The first-order valence-corrected chi connectivity index (χ1v) is 8.79. The lowest BCUT2D eigenvalue weighted by molar-refractivity contribution is 0.0572. The van der Waals surface area contributed by atoms with Gasteiger partial charge in [-0.25, -0.2) is 4.79 Å². The highest BCUT2D eigenvalue weighted by Crippen LogP contribution is 2.17. The first-order chi connectivity index (χ1) is 11.6. The number of carbonyl (C=O) groups excluding carboxylic acids is 1. The van der Waals surface area contributed by atoms with Gasteiger partial charge in [-0.3, -0.25) is 4.90 Å². The number of amides is 2. The Kier molecular flexibility index (Phi) is 5.58. The standard InChI is InChI=1S/C18H28N4O2/c1-20(2)16-7-5-15(6-8-16)19-18(23)22-11-9-21(10-12-22)14-17-4-3-13-24-17/h5-8,17H,3-4,9-14H2,1-2H3,(H,19,23). The van der Waals surface area contributed by atoms with Gasteiger partial charge in [-0.15, -0.1) is 0 Å². The van der Waals surface area contributed by atoms with Crippen LogP contribution < -0.4 is 10.2 Å². The van der Waals surface area contributed by atoms with Gasteiger partial charge in [-0.1, -0.05) is 0 Å². The predicted octanol–water partition coefficient (Wildman–Crippen LogP) is 2.08. The van der Waals surface area contributed by atoms with Gasteiger partial charge in [0.2, 0.25) is 0 Å². The summed E-state index contributed by atoms with van der Waals surface area (Å²) in [5.41, 5.74) is 1.96. The number of nitrogens with one attached hydrogen (secondary N) is 1. The molecule has 0 spiro atoms. The zero-order chi connectivity index (χ0) is 16.9. The topological polar surface area (TPSA) is 48.1 Å². The van der Waals surface area contributed by atoms with Gasteiger partial charge in [-0.05, 0) is 37.1 Å². The first-order valence-electron chi connectivity index (χ1n) is 8.79. The summed E-state index contributed by atoms with van der Waals surface area (Å²) in [7, 11) is 4.01. The van der Waals surface area contributed by atoms with Crippen LogP contribution in [-0.2, 0) is 4.74 Å². The van der Waals surface area contributed by atoms with Gasteiger partial charge in [-0.2, -0.15) is 0 Å². The van der Waals surface area contributed by atoms with Gasteiger partial charge >= 0.3 is 6.03 Å². The highest BCUT2D eigenvalue weighted by Gasteiger charge is 2.24. The van der Waals surface area contributed by atoms with Gasteiger partial charge in [0.1, 0.15) is 0 Å². The van der Waals surface area contributed by atoms with E-state index in [1.807, 2.05) is 48.2 Å². The Hall–Kier alpha value is -1.79. The number of benzene rings is 1. The Morgan fingerprint density at radius 2 is 1.92 bits per heavy atom. The summed E-state index contributed by atoms with van der Waals surface area (Å²) < 4.78 is 5.70. The fraction of sp³-hybridized carbons (Fsp3) is 0.611. The lowest BCUT2D eigenvalue weighted by atomic mass is 10.2. The number of hydrogen-bond donors (Lipinski definition) is 1. The summed E-state index contributed by atoms with van der Waals surface area (Å²) in [5, 5.41) is 2.99. The van der Waals surface area contributed by atoms with Crippen molar-refractivity contribution in [2.24, 2.45) is 0 Å². The van der Waals surface area contributed by atoms with Crippen molar-refractivity contribution < 1.29 is 9.53 Å². The molecule has 2 amide bonds. The van der Waals surface area contributed by atoms with Crippen LogP contribution in [0.15, 0.2) is 24.3 Å². The van der Waals surface area contributed by atoms with E-state index >= 15 is 0 Å². The van der Waals surface area contributed by atoms with Crippen LogP contribution >= 0.6 is 0 Å². The van der Waals surface area contributed by atoms with Crippen LogP contribution in [0.1, 0.15) is 12.8 Å². The van der Waals surface area contributed by atoms with E-state index in [0.717, 1.165) is 50.7 Å². The number of ether oxygens (including phenoxy) is 1. The normalized spacial score (nSPS) is 21.8. The Balaban J connectivity index is 1.44. The van der Waals surface area contributed by atoms with Crippen molar-refractivity contribution in [1.29, 1.82) is 0 Å². The predicted molar refractivity (Wildman–Crippen MR) is 96.8 cm³/mol. The van der Waals surface area contributed by atoms with Crippen LogP contribution in [0.3, 0.4) is 0 Å². The van der Waals surface area contributed by atoms with E-state index in [2.05, 4.69) is 10.2 Å². The summed E-state index contributed by atoms with van der Waals surface area (Å²) in [5.74, 6) is 0. The van der Waals surface area contributed by atoms with E-state index in [0.29, 0.717) is 6.10 Å². The second-order valence-electron chi connectivity index (χ2n) is 6.79. The molecule has 1 unspecified atom stereocenters. The smallest absolute Gasteiger partial charge is 0.321 e. The third-order valence-corrected chi connectivity index (χ3v) is 4.78. The van der Waals surface area contributed by atoms with Crippen LogP contribution in [0.5, 0.6) is 0 Å². The highest BCUT2D eigenvalue weighted by molar-refractivity contribution is 5.89. The molecule has 24 heavy (non-hydrogen) atoms. The van der Waals surface area contributed by atoms with Crippen LogP contribution in [0.4, 0.5) is 16.2 Å². The van der Waals surface area contributed by atoms with Crippen molar-refractivity contribution in [3.8, 4) is 0 Å². The van der Waals surface area contributed by atoms with Crippen molar-refractivity contribution in [2.75, 3.05) is 63.6 Å². The quantitative estimate of drug-likeness (QED) is 0.917. The molecule has 1 atom stereocenters. The third kappa shape index (κ3) is 4.39. The first kappa shape index (κ1) is 17.0. The maximum atomic E-state index is 12.4. The number of piperazine rings is 1. The number of nitrogens with zero attached hydrogens (tertiary/aromatic N) is 3. The van der Waals surface area contributed by atoms with Crippen molar-refractivity contribution in [3.63, 3.8) is 0 Å². The molecule has 2 aliphatic rings. The molecule has 1 aromatic carbocycles. The van der Waals surface area contributed by atoms with Crippen molar-refractivity contribution in [3.05, 3.63) is 24.3 Å². The van der Waals surface area contributed by atoms with Gasteiger partial charge < -0.3 is 19.9 Å². The van der Waals surface area contributed by atoms with Gasteiger partial charge in [0.05, 0.1) is 6.10 Å². The van der Waals surface area contributed by atoms with E-state index < -0.39 is 0 Å². The summed E-state index contributed by atoms with van der Waals surface area (Å²) in [6.45, 7) is 5.30. The summed E-state index contributed by atoms with van der Waals surface area (Å²) in [6, 6.07) is 7.90. The molecule has 1 aromatic rings. The molecule has 2 heterocycles. The zero-order valence-corrected chi connectivity index (χ0v) is 14.7. The second kappa shape index (κ2) is 7.85. The summed E-state index contributed by atoms with van der Waals surface area (Å²) in [6.07, 6.45) is 2.74. The number of rotatable bonds is 4. The van der Waals surface area contributed by atoms with E-state index in [1.165, 1.54) is 12.8 Å². The molecule has 2 saturated heterocycles. The number of carbonyl (C=O) groups is 1. The molecule has 0 bridgehead atoms. The molecule has 132 valence electrons. The highest BCUT2D eigenvalue weighted by atomic mass is 16.5. The SMILES string of the molecule is CN(C)c1ccc(NC(=O)N2CCN(CC3CCCO3)CC2)cc1. The third-order valence-electron chi connectivity index (χ3n) is 4.78. The minimum absolute atomic E-state index is 0.00984. The fourth-order valence-corrected chi connectivity index (χ4v) is 3.26. The second-order valence-corrected chi connectivity index (χ2v) is 6.79. The summed E-state index contributed by atoms with van der Waals surface area (Å²) in [4.78, 5) is 18.7. The van der Waals surface area contributed by atoms with Crippen LogP contribution in [-0.4, -0.2) is 75.4 Å². The zero-order valence-electron chi connectivity index (χ0n) is 14.7. The average Bonchev–Trinajstić information content (AvgIpc) is 3.09. The monoisotopic (exact) mass is 332 g/mol. The maximum Gasteiger partial charge on any atom is 0.321 e. The Bertz CT molecular complexity index is 532. The molecule has 3 rings (SSSR count). The lowest BCUT2D eigenvalue weighted by Gasteiger charge is -2.35. The number of anilines is 2. The van der Waals surface area contributed by atoms with Crippen molar-refractivity contribution in [1.82, 2.24) is 9.80 Å². The molecule has 0 saturated carbocycles. The minimum atomic E-state index is -0.00984. The minimum Gasteiger partial charge on any atom is -0.378 e. The Morgan fingerprint density at radius 3 is 2.50 bits per heavy atom. The van der Waals surface area contributed by atoms with E-state index in [9.17, 15) is 4.79 Å².